The molecule has 24 heavy (non-hydrogen) atoms. The van der Waals surface area contributed by atoms with E-state index in [1.807, 2.05) is 10.7 Å². The molecule has 2 aliphatic rings. The smallest absolute Gasteiger partial charge is 0.320 e. The molecular weight excluding hydrogens is 326 g/mol. The summed E-state index contributed by atoms with van der Waals surface area (Å²) in [6.07, 6.45) is 5.07. The van der Waals surface area contributed by atoms with Crippen LogP contribution in [-0.2, 0) is 24.3 Å². The number of nitrogens with one attached hydrogen (secondary N) is 2. The maximum absolute atomic E-state index is 12.2. The topological polar surface area (TPSA) is 81.1 Å². The average Bonchev–Trinajstić information content (AvgIpc) is 3.19. The molecule has 0 aromatic carbocycles. The van der Waals surface area contributed by atoms with E-state index in [0.717, 1.165) is 29.5 Å². The molecule has 2 N–H and O–H groups in total. The van der Waals surface area contributed by atoms with E-state index in [4.69, 9.17) is 4.74 Å². The Labute approximate surface area is 144 Å². The minimum Gasteiger partial charge on any atom is -0.375 e. The highest BCUT2D eigenvalue weighted by molar-refractivity contribution is 7.11. The monoisotopic (exact) mass is 347 g/mol. The molecule has 128 valence electrons. The van der Waals surface area contributed by atoms with Gasteiger partial charge < -0.3 is 10.1 Å². The van der Waals surface area contributed by atoms with Crippen LogP contribution in [0, 0.1) is 5.92 Å². The summed E-state index contributed by atoms with van der Waals surface area (Å²) in [5.41, 5.74) is 1.11. The first kappa shape index (κ1) is 15.6. The number of anilines is 1. The first-order valence-corrected chi connectivity index (χ1v) is 9.16. The minimum atomic E-state index is -0.232. The number of amides is 2. The van der Waals surface area contributed by atoms with Crippen LogP contribution in [0.2, 0.25) is 0 Å². The van der Waals surface area contributed by atoms with Crippen LogP contribution in [0.4, 0.5) is 10.6 Å². The van der Waals surface area contributed by atoms with E-state index in [2.05, 4.69) is 27.6 Å². The number of thiazole rings is 1. The van der Waals surface area contributed by atoms with Crippen LogP contribution in [0.3, 0.4) is 0 Å². The van der Waals surface area contributed by atoms with Gasteiger partial charge in [-0.05, 0) is 25.7 Å². The lowest BCUT2D eigenvalue weighted by atomic mass is 10.2. The lowest BCUT2D eigenvalue weighted by Gasteiger charge is -2.15. The Kier molecular flexibility index (Phi) is 4.24. The summed E-state index contributed by atoms with van der Waals surface area (Å²) in [6.45, 7) is 3.94. The van der Waals surface area contributed by atoms with Crippen molar-refractivity contribution in [2.24, 2.45) is 5.92 Å². The first-order chi connectivity index (χ1) is 11.7. The highest BCUT2D eigenvalue weighted by atomic mass is 32.1. The first-order valence-electron chi connectivity index (χ1n) is 8.34. The Hall–Kier alpha value is -1.93. The van der Waals surface area contributed by atoms with Crippen LogP contribution in [0.25, 0.3) is 0 Å². The van der Waals surface area contributed by atoms with Crippen LogP contribution in [0.5, 0.6) is 0 Å². The van der Waals surface area contributed by atoms with Gasteiger partial charge in [-0.25, -0.2) is 14.5 Å². The Bertz CT molecular complexity index is 713. The molecule has 4 rings (SSSR count). The molecule has 0 radical (unpaired) electrons. The van der Waals surface area contributed by atoms with Gasteiger partial charge in [0.1, 0.15) is 10.8 Å². The van der Waals surface area contributed by atoms with Gasteiger partial charge in [0.05, 0.1) is 42.6 Å². The normalized spacial score (nSPS) is 18.0. The Balaban J connectivity index is 1.34. The molecule has 1 atom stereocenters. The molecule has 1 saturated carbocycles. The number of carbonyl (C=O) groups is 1. The summed E-state index contributed by atoms with van der Waals surface area (Å²) in [4.78, 5) is 17.9. The second-order valence-corrected chi connectivity index (χ2v) is 7.49. The third-order valence-corrected chi connectivity index (χ3v) is 5.61. The van der Waals surface area contributed by atoms with Crippen molar-refractivity contribution in [2.75, 3.05) is 11.9 Å². The molecule has 2 amide bonds. The van der Waals surface area contributed by atoms with Crippen molar-refractivity contribution in [3.05, 3.63) is 27.8 Å². The zero-order valence-electron chi connectivity index (χ0n) is 13.6. The summed E-state index contributed by atoms with van der Waals surface area (Å²) < 4.78 is 7.33. The van der Waals surface area contributed by atoms with E-state index in [0.29, 0.717) is 25.1 Å². The molecular formula is C16H21N5O2S. The number of rotatable bonds is 5. The Morgan fingerprint density at radius 1 is 1.54 bits per heavy atom. The molecule has 1 aliphatic carbocycles. The van der Waals surface area contributed by atoms with Gasteiger partial charge in [0.15, 0.2) is 0 Å². The van der Waals surface area contributed by atoms with Gasteiger partial charge in [0.2, 0.25) is 0 Å². The molecule has 8 heteroatoms. The average molecular weight is 347 g/mol. The fraction of sp³-hybridized carbons (Fsp3) is 0.562. The molecule has 0 saturated heterocycles. The maximum atomic E-state index is 12.2. The molecule has 0 bridgehead atoms. The second kappa shape index (κ2) is 6.52. The number of hydrogen-bond acceptors (Lipinski definition) is 5. The quantitative estimate of drug-likeness (QED) is 0.871. The van der Waals surface area contributed by atoms with E-state index < -0.39 is 0 Å². The third-order valence-electron chi connectivity index (χ3n) is 4.54. The van der Waals surface area contributed by atoms with Crippen molar-refractivity contribution in [3.8, 4) is 0 Å². The van der Waals surface area contributed by atoms with Gasteiger partial charge in [-0.15, -0.1) is 11.3 Å². The molecule has 3 heterocycles. The standard InChI is InChI=1S/C16H21N5O2S/c1-10(11-2-3-11)21-14(4-6-18-21)20-16(22)17-8-15-19-12-5-7-23-9-13(12)24-15/h4,6,10-11H,2-3,5,7-9H2,1H3,(H2,17,20,22). The predicted molar refractivity (Wildman–Crippen MR) is 91.0 cm³/mol. The molecule has 2 aromatic heterocycles. The van der Waals surface area contributed by atoms with Gasteiger partial charge in [0.25, 0.3) is 0 Å². The molecule has 7 nitrogen and oxygen atoms in total. The molecule has 1 unspecified atom stereocenters. The lowest BCUT2D eigenvalue weighted by molar-refractivity contribution is 0.112. The van der Waals surface area contributed by atoms with E-state index >= 15 is 0 Å². The number of aromatic nitrogens is 3. The highest BCUT2D eigenvalue weighted by Crippen LogP contribution is 2.40. The fourth-order valence-corrected chi connectivity index (χ4v) is 3.98. The van der Waals surface area contributed by atoms with Gasteiger partial charge in [-0.2, -0.15) is 5.10 Å². The summed E-state index contributed by atoms with van der Waals surface area (Å²) in [5, 5.41) is 11.0. The van der Waals surface area contributed by atoms with Crippen LogP contribution in [-0.4, -0.2) is 27.4 Å². The molecule has 0 spiro atoms. The number of nitrogens with zero attached hydrogens (tertiary/aromatic N) is 3. The zero-order chi connectivity index (χ0) is 16.5. The van der Waals surface area contributed by atoms with E-state index in [9.17, 15) is 4.79 Å². The van der Waals surface area contributed by atoms with E-state index in [-0.39, 0.29) is 6.03 Å². The van der Waals surface area contributed by atoms with Crippen molar-refractivity contribution in [3.63, 3.8) is 0 Å². The van der Waals surface area contributed by atoms with Crippen molar-refractivity contribution >= 4 is 23.2 Å². The third kappa shape index (κ3) is 3.29. The van der Waals surface area contributed by atoms with Gasteiger partial charge in [-0.1, -0.05) is 0 Å². The SMILES string of the molecule is CC(C1CC1)n1nccc1NC(=O)NCc1nc2c(s1)COCC2. The van der Waals surface area contributed by atoms with Gasteiger partial charge in [0, 0.05) is 12.5 Å². The number of urea groups is 1. The number of hydrogen-bond donors (Lipinski definition) is 2. The molecule has 2 aromatic rings. The van der Waals surface area contributed by atoms with E-state index in [1.165, 1.54) is 17.7 Å². The molecule has 1 aliphatic heterocycles. The van der Waals surface area contributed by atoms with E-state index in [1.54, 1.807) is 17.5 Å². The number of ether oxygens (including phenoxy) is 1. The summed E-state index contributed by atoms with van der Waals surface area (Å²) in [7, 11) is 0. The van der Waals surface area contributed by atoms with Crippen molar-refractivity contribution in [1.82, 2.24) is 20.1 Å². The van der Waals surface area contributed by atoms with Crippen LogP contribution in [0.1, 0.15) is 41.4 Å². The molecule has 1 fully saturated rings. The van der Waals surface area contributed by atoms with Crippen LogP contribution < -0.4 is 10.6 Å². The predicted octanol–water partition coefficient (Wildman–Crippen LogP) is 2.71. The van der Waals surface area contributed by atoms with Gasteiger partial charge >= 0.3 is 6.03 Å². The summed E-state index contributed by atoms with van der Waals surface area (Å²) >= 11 is 1.61. The van der Waals surface area contributed by atoms with Crippen LogP contribution in [0.15, 0.2) is 12.3 Å². The minimum absolute atomic E-state index is 0.232. The van der Waals surface area contributed by atoms with Gasteiger partial charge in [-0.3, -0.25) is 5.32 Å². The van der Waals surface area contributed by atoms with Crippen molar-refractivity contribution in [1.29, 1.82) is 0 Å². The van der Waals surface area contributed by atoms with Crippen molar-refractivity contribution < 1.29 is 9.53 Å². The zero-order valence-corrected chi connectivity index (χ0v) is 14.4. The fourth-order valence-electron chi connectivity index (χ4n) is 2.99. The highest BCUT2D eigenvalue weighted by Gasteiger charge is 2.30. The Morgan fingerprint density at radius 2 is 2.42 bits per heavy atom. The van der Waals surface area contributed by atoms with Crippen molar-refractivity contribution in [2.45, 2.75) is 45.4 Å². The summed E-state index contributed by atoms with van der Waals surface area (Å²) in [5.74, 6) is 1.41. The number of carbonyl (C=O) groups excluding carboxylic acids is 1. The second-order valence-electron chi connectivity index (χ2n) is 6.33. The van der Waals surface area contributed by atoms with Crippen LogP contribution >= 0.6 is 11.3 Å². The lowest BCUT2D eigenvalue weighted by Crippen LogP contribution is -2.29. The Morgan fingerprint density at radius 3 is 3.21 bits per heavy atom. The largest absolute Gasteiger partial charge is 0.375 e. The maximum Gasteiger partial charge on any atom is 0.320 e. The summed E-state index contributed by atoms with van der Waals surface area (Å²) in [6, 6.07) is 1.92. The number of fused-ring (bicyclic) bond motifs is 1.